The Bertz CT molecular complexity index is 444. The first-order chi connectivity index (χ1) is 7.99. The second kappa shape index (κ2) is 4.70. The number of likely N-dealkylation sites (tertiary alicyclic amines) is 1. The highest BCUT2D eigenvalue weighted by Crippen LogP contribution is 2.22. The molecule has 0 aliphatic carbocycles. The van der Waals surface area contributed by atoms with Crippen LogP contribution in [0.5, 0.6) is 0 Å². The molecule has 1 aromatic rings. The van der Waals surface area contributed by atoms with Gasteiger partial charge in [0.05, 0.1) is 6.10 Å². The molecule has 0 unspecified atom stereocenters. The average molecular weight is 306 g/mol. The van der Waals surface area contributed by atoms with E-state index in [0.717, 1.165) is 12.1 Å². The van der Waals surface area contributed by atoms with Crippen LogP contribution in [0.4, 0.5) is 8.78 Å². The third kappa shape index (κ3) is 2.47. The zero-order valence-corrected chi connectivity index (χ0v) is 10.4. The Labute approximate surface area is 105 Å². The van der Waals surface area contributed by atoms with Gasteiger partial charge < -0.3 is 10.0 Å². The van der Waals surface area contributed by atoms with Crippen molar-refractivity contribution in [1.29, 1.82) is 0 Å². The average Bonchev–Trinajstić information content (AvgIpc) is 2.63. The maximum atomic E-state index is 13.5. The molecule has 1 aliphatic rings. The summed E-state index contributed by atoms with van der Waals surface area (Å²) in [7, 11) is 0. The molecule has 0 aromatic heterocycles. The molecule has 1 amide bonds. The smallest absolute Gasteiger partial charge is 0.259 e. The molecule has 0 saturated carbocycles. The molecule has 0 radical (unpaired) electrons. The number of aliphatic hydroxyl groups is 1. The summed E-state index contributed by atoms with van der Waals surface area (Å²) in [5.41, 5.74) is -0.567. The van der Waals surface area contributed by atoms with Gasteiger partial charge in [-0.25, -0.2) is 8.78 Å². The third-order valence-corrected chi connectivity index (χ3v) is 3.13. The van der Waals surface area contributed by atoms with Gasteiger partial charge in [-0.2, -0.15) is 0 Å². The molecule has 1 aromatic carbocycles. The molecule has 1 aliphatic heterocycles. The number of aliphatic hydroxyl groups excluding tert-OH is 1. The Morgan fingerprint density at radius 2 is 2.00 bits per heavy atom. The summed E-state index contributed by atoms with van der Waals surface area (Å²) >= 11 is 2.94. The lowest BCUT2D eigenvalue weighted by Crippen LogP contribution is -2.31. The minimum atomic E-state index is -0.900. The largest absolute Gasteiger partial charge is 0.391 e. The highest BCUT2D eigenvalue weighted by molar-refractivity contribution is 9.10. The fourth-order valence-corrected chi connectivity index (χ4v) is 2.23. The Morgan fingerprint density at radius 1 is 1.41 bits per heavy atom. The second-order valence-electron chi connectivity index (χ2n) is 3.94. The number of carbonyl (C=O) groups excluding carboxylic acids is 1. The second-order valence-corrected chi connectivity index (χ2v) is 4.85. The quantitative estimate of drug-likeness (QED) is 0.861. The Morgan fingerprint density at radius 3 is 2.47 bits per heavy atom. The topological polar surface area (TPSA) is 40.5 Å². The number of nitrogens with zero attached hydrogens (tertiary/aromatic N) is 1. The molecule has 1 atom stereocenters. The Kier molecular flexibility index (Phi) is 3.44. The van der Waals surface area contributed by atoms with Gasteiger partial charge in [0.15, 0.2) is 0 Å². The fourth-order valence-electron chi connectivity index (χ4n) is 1.83. The lowest BCUT2D eigenvalue weighted by atomic mass is 10.1. The summed E-state index contributed by atoms with van der Waals surface area (Å²) in [6, 6.07) is 2.09. The summed E-state index contributed by atoms with van der Waals surface area (Å²) in [5, 5.41) is 9.29. The normalized spacial score (nSPS) is 19.8. The molecule has 1 heterocycles. The molecule has 1 N–H and O–H groups in total. The number of β-amino-alcohol motifs (C(OH)–C–C–N with tert-alkyl or cyclic N) is 1. The van der Waals surface area contributed by atoms with Gasteiger partial charge in [0.1, 0.15) is 17.2 Å². The summed E-state index contributed by atoms with van der Waals surface area (Å²) in [4.78, 5) is 13.1. The van der Waals surface area contributed by atoms with Crippen LogP contribution in [0.3, 0.4) is 0 Å². The summed E-state index contributed by atoms with van der Waals surface area (Å²) in [5.74, 6) is -2.52. The summed E-state index contributed by atoms with van der Waals surface area (Å²) < 4.78 is 27.3. The van der Waals surface area contributed by atoms with Crippen molar-refractivity contribution < 1.29 is 18.7 Å². The number of halogens is 3. The SMILES string of the molecule is O=C(c1c(F)cc(Br)cc1F)N1CC[C@@H](O)C1. The van der Waals surface area contributed by atoms with E-state index in [-0.39, 0.29) is 11.0 Å². The summed E-state index contributed by atoms with van der Waals surface area (Å²) in [6.07, 6.45) is -0.175. The number of amides is 1. The first-order valence-corrected chi connectivity index (χ1v) is 5.90. The van der Waals surface area contributed by atoms with Crippen LogP contribution in [0.2, 0.25) is 0 Å². The standard InChI is InChI=1S/C11H10BrF2NO2/c12-6-3-8(13)10(9(14)4-6)11(17)15-2-1-7(16)5-15/h3-4,7,16H,1-2,5H2/t7-/m1/s1. The van der Waals surface area contributed by atoms with Crippen molar-refractivity contribution in [3.05, 3.63) is 33.8 Å². The zero-order valence-electron chi connectivity index (χ0n) is 8.79. The van der Waals surface area contributed by atoms with E-state index in [1.165, 1.54) is 4.90 Å². The van der Waals surface area contributed by atoms with Gasteiger partial charge in [0.2, 0.25) is 0 Å². The fraction of sp³-hybridized carbons (Fsp3) is 0.364. The third-order valence-electron chi connectivity index (χ3n) is 2.67. The van der Waals surface area contributed by atoms with E-state index >= 15 is 0 Å². The highest BCUT2D eigenvalue weighted by Gasteiger charge is 2.29. The molecule has 3 nitrogen and oxygen atoms in total. The van der Waals surface area contributed by atoms with Crippen molar-refractivity contribution in [2.75, 3.05) is 13.1 Å². The van der Waals surface area contributed by atoms with Crippen LogP contribution in [0.25, 0.3) is 0 Å². The van der Waals surface area contributed by atoms with Crippen molar-refractivity contribution in [3.8, 4) is 0 Å². The number of benzene rings is 1. The van der Waals surface area contributed by atoms with Crippen molar-refractivity contribution in [1.82, 2.24) is 4.90 Å². The lowest BCUT2D eigenvalue weighted by Gasteiger charge is -2.16. The van der Waals surface area contributed by atoms with Crippen LogP contribution in [-0.4, -0.2) is 35.1 Å². The predicted octanol–water partition coefficient (Wildman–Crippen LogP) is 1.93. The van der Waals surface area contributed by atoms with Gasteiger partial charge in [0, 0.05) is 17.6 Å². The number of carbonyl (C=O) groups is 1. The molecule has 92 valence electrons. The van der Waals surface area contributed by atoms with E-state index in [9.17, 15) is 18.7 Å². The van der Waals surface area contributed by atoms with E-state index in [1.54, 1.807) is 0 Å². The Hall–Kier alpha value is -1.01. The van der Waals surface area contributed by atoms with Crippen molar-refractivity contribution >= 4 is 21.8 Å². The van der Waals surface area contributed by atoms with Crippen molar-refractivity contribution in [2.24, 2.45) is 0 Å². The van der Waals surface area contributed by atoms with Gasteiger partial charge in [-0.1, -0.05) is 15.9 Å². The van der Waals surface area contributed by atoms with E-state index in [1.807, 2.05) is 0 Å². The minimum Gasteiger partial charge on any atom is -0.391 e. The first-order valence-electron chi connectivity index (χ1n) is 5.11. The van der Waals surface area contributed by atoms with E-state index < -0.39 is 29.2 Å². The van der Waals surface area contributed by atoms with E-state index in [2.05, 4.69) is 15.9 Å². The summed E-state index contributed by atoms with van der Waals surface area (Å²) in [6.45, 7) is 0.433. The molecule has 17 heavy (non-hydrogen) atoms. The highest BCUT2D eigenvalue weighted by atomic mass is 79.9. The van der Waals surface area contributed by atoms with E-state index in [0.29, 0.717) is 13.0 Å². The molecule has 2 rings (SSSR count). The number of hydrogen-bond acceptors (Lipinski definition) is 2. The first kappa shape index (κ1) is 12.4. The van der Waals surface area contributed by atoms with Crippen molar-refractivity contribution in [3.63, 3.8) is 0 Å². The van der Waals surface area contributed by atoms with Crippen LogP contribution >= 0.6 is 15.9 Å². The zero-order chi connectivity index (χ0) is 12.6. The monoisotopic (exact) mass is 305 g/mol. The van der Waals surface area contributed by atoms with Gasteiger partial charge >= 0.3 is 0 Å². The maximum absolute atomic E-state index is 13.5. The minimum absolute atomic E-state index is 0.119. The van der Waals surface area contributed by atoms with Crippen LogP contribution in [0, 0.1) is 11.6 Å². The van der Waals surface area contributed by atoms with Gasteiger partial charge in [-0.05, 0) is 18.6 Å². The van der Waals surface area contributed by atoms with Crippen LogP contribution in [-0.2, 0) is 0 Å². The molecule has 6 heteroatoms. The number of rotatable bonds is 1. The molecule has 0 spiro atoms. The molecule has 1 saturated heterocycles. The molecule has 0 bridgehead atoms. The van der Waals surface area contributed by atoms with Gasteiger partial charge in [0.25, 0.3) is 5.91 Å². The molecular formula is C11H10BrF2NO2. The van der Waals surface area contributed by atoms with Crippen molar-refractivity contribution in [2.45, 2.75) is 12.5 Å². The van der Waals surface area contributed by atoms with Crippen LogP contribution in [0.1, 0.15) is 16.8 Å². The van der Waals surface area contributed by atoms with Gasteiger partial charge in [-0.15, -0.1) is 0 Å². The van der Waals surface area contributed by atoms with E-state index in [4.69, 9.17) is 0 Å². The van der Waals surface area contributed by atoms with Crippen LogP contribution in [0.15, 0.2) is 16.6 Å². The number of hydrogen-bond donors (Lipinski definition) is 1. The van der Waals surface area contributed by atoms with Gasteiger partial charge in [-0.3, -0.25) is 4.79 Å². The van der Waals surface area contributed by atoms with Crippen LogP contribution < -0.4 is 0 Å². The molecule has 1 fully saturated rings. The molecular weight excluding hydrogens is 296 g/mol. The maximum Gasteiger partial charge on any atom is 0.259 e. The lowest BCUT2D eigenvalue weighted by molar-refractivity contribution is 0.0755. The predicted molar refractivity (Wildman–Crippen MR) is 60.6 cm³/mol. The Balaban J connectivity index is 2.31.